The highest BCUT2D eigenvalue weighted by molar-refractivity contribution is 8.12. The summed E-state index contributed by atoms with van der Waals surface area (Å²) in [6.07, 6.45) is 1.06. The molecule has 96 valence electrons. The van der Waals surface area contributed by atoms with Gasteiger partial charge in [-0.05, 0) is 34.4 Å². The first-order valence-electron chi connectivity index (χ1n) is 6.56. The summed E-state index contributed by atoms with van der Waals surface area (Å²) in [5.74, 6) is 1.91. The van der Waals surface area contributed by atoms with Crippen LogP contribution in [0, 0.1) is 0 Å². The predicted molar refractivity (Wildman–Crippen MR) is 82.7 cm³/mol. The Balaban J connectivity index is 2.08. The SMILES string of the molecule is O=S1CCCSC12c1ccccc1-c1ccccc12. The Hall–Kier alpha value is -1.06. The van der Waals surface area contributed by atoms with E-state index in [1.165, 1.54) is 22.3 Å². The molecule has 0 bridgehead atoms. The normalized spacial score (nSPS) is 23.1. The molecule has 2 aromatic rings. The topological polar surface area (TPSA) is 17.1 Å². The zero-order valence-electron chi connectivity index (χ0n) is 10.5. The summed E-state index contributed by atoms with van der Waals surface area (Å²) in [7, 11) is -0.834. The maximum Gasteiger partial charge on any atom is 0.142 e. The first kappa shape index (κ1) is 11.7. The first-order chi connectivity index (χ1) is 9.34. The van der Waals surface area contributed by atoms with Crippen LogP contribution in [-0.4, -0.2) is 15.7 Å². The van der Waals surface area contributed by atoms with Gasteiger partial charge in [-0.1, -0.05) is 48.5 Å². The standard InChI is InChI=1S/C16H14OS2/c17-19-11-5-10-18-16(19)14-8-3-1-6-12(14)13-7-2-4-9-15(13)16/h1-4,6-9H,5,10-11H2. The van der Waals surface area contributed by atoms with Crippen LogP contribution in [0.5, 0.6) is 0 Å². The Morgan fingerprint density at radius 2 is 1.53 bits per heavy atom. The van der Waals surface area contributed by atoms with Gasteiger partial charge in [0.25, 0.3) is 0 Å². The fourth-order valence-corrected chi connectivity index (χ4v) is 7.16. The number of hydrogen-bond acceptors (Lipinski definition) is 2. The molecule has 0 amide bonds. The Morgan fingerprint density at radius 3 is 2.11 bits per heavy atom. The summed E-state index contributed by atoms with van der Waals surface area (Å²) in [5, 5.41) is 0. The van der Waals surface area contributed by atoms with Gasteiger partial charge >= 0.3 is 0 Å². The second kappa shape index (κ2) is 4.22. The maximum atomic E-state index is 12.8. The van der Waals surface area contributed by atoms with Crippen molar-refractivity contribution in [3.63, 3.8) is 0 Å². The number of hydrogen-bond donors (Lipinski definition) is 0. The van der Waals surface area contributed by atoms with Crippen LogP contribution in [0.3, 0.4) is 0 Å². The molecule has 1 unspecified atom stereocenters. The first-order valence-corrected chi connectivity index (χ1v) is 8.86. The molecule has 2 aliphatic rings. The molecule has 0 aromatic heterocycles. The maximum absolute atomic E-state index is 12.8. The second-order valence-corrected chi connectivity index (χ2v) is 8.24. The smallest absolute Gasteiger partial charge is 0.142 e. The zero-order chi connectivity index (χ0) is 12.9. The van der Waals surface area contributed by atoms with Gasteiger partial charge in [0.05, 0.1) is 0 Å². The average molecular weight is 286 g/mol. The largest absolute Gasteiger partial charge is 0.257 e. The summed E-state index contributed by atoms with van der Waals surface area (Å²) in [4.78, 5) is 0. The molecule has 19 heavy (non-hydrogen) atoms. The minimum Gasteiger partial charge on any atom is -0.257 e. The summed E-state index contributed by atoms with van der Waals surface area (Å²) < 4.78 is 12.5. The molecule has 1 nitrogen and oxygen atoms in total. The molecule has 1 saturated heterocycles. The Bertz CT molecular complexity index is 632. The quantitative estimate of drug-likeness (QED) is 0.733. The Kier molecular flexibility index (Phi) is 2.61. The molecule has 1 atom stereocenters. The predicted octanol–water partition coefficient (Wildman–Crippen LogP) is 3.75. The minimum atomic E-state index is -0.834. The van der Waals surface area contributed by atoms with E-state index in [0.29, 0.717) is 0 Å². The highest BCUT2D eigenvalue weighted by Gasteiger charge is 2.49. The van der Waals surface area contributed by atoms with E-state index in [0.717, 1.165) is 17.9 Å². The van der Waals surface area contributed by atoms with Crippen LogP contribution >= 0.6 is 11.8 Å². The molecule has 1 aliphatic heterocycles. The number of thioether (sulfide) groups is 1. The van der Waals surface area contributed by atoms with Crippen molar-refractivity contribution in [1.82, 2.24) is 0 Å². The van der Waals surface area contributed by atoms with E-state index >= 15 is 0 Å². The Morgan fingerprint density at radius 1 is 0.947 bits per heavy atom. The summed E-state index contributed by atoms with van der Waals surface area (Å²) in [5.41, 5.74) is 5.03. The molecule has 0 saturated carbocycles. The van der Waals surface area contributed by atoms with Crippen molar-refractivity contribution < 1.29 is 4.21 Å². The van der Waals surface area contributed by atoms with Crippen molar-refractivity contribution in [1.29, 1.82) is 0 Å². The average Bonchev–Trinajstić information content (AvgIpc) is 2.75. The lowest BCUT2D eigenvalue weighted by atomic mass is 10.1. The summed E-state index contributed by atoms with van der Waals surface area (Å²) in [6, 6.07) is 16.9. The van der Waals surface area contributed by atoms with Crippen molar-refractivity contribution in [3.05, 3.63) is 59.7 Å². The molecule has 0 N–H and O–H groups in total. The lowest BCUT2D eigenvalue weighted by molar-refractivity contribution is 0.672. The van der Waals surface area contributed by atoms with E-state index in [2.05, 4.69) is 48.5 Å². The highest BCUT2D eigenvalue weighted by atomic mass is 32.2. The van der Waals surface area contributed by atoms with Crippen LogP contribution < -0.4 is 0 Å². The highest BCUT2D eigenvalue weighted by Crippen LogP contribution is 2.58. The summed E-state index contributed by atoms with van der Waals surface area (Å²) in [6.45, 7) is 0. The van der Waals surface area contributed by atoms with Gasteiger partial charge in [-0.15, -0.1) is 11.8 Å². The summed E-state index contributed by atoms with van der Waals surface area (Å²) >= 11 is 1.87. The third-order valence-electron chi connectivity index (χ3n) is 3.95. The van der Waals surface area contributed by atoms with Gasteiger partial charge in [-0.25, -0.2) is 0 Å². The van der Waals surface area contributed by atoms with Crippen molar-refractivity contribution in [3.8, 4) is 11.1 Å². The van der Waals surface area contributed by atoms with Gasteiger partial charge in [0.15, 0.2) is 0 Å². The third kappa shape index (κ3) is 1.46. The number of benzene rings is 2. The molecule has 0 radical (unpaired) electrons. The number of rotatable bonds is 0. The van der Waals surface area contributed by atoms with Crippen molar-refractivity contribution in [2.24, 2.45) is 0 Å². The van der Waals surface area contributed by atoms with E-state index in [1.54, 1.807) is 0 Å². The molecule has 3 heteroatoms. The molecule has 1 fully saturated rings. The van der Waals surface area contributed by atoms with Crippen molar-refractivity contribution in [2.75, 3.05) is 11.5 Å². The van der Waals surface area contributed by atoms with E-state index in [4.69, 9.17) is 0 Å². The van der Waals surface area contributed by atoms with E-state index < -0.39 is 10.8 Å². The van der Waals surface area contributed by atoms with Crippen LogP contribution in [0.1, 0.15) is 17.5 Å². The van der Waals surface area contributed by atoms with Gasteiger partial charge < -0.3 is 0 Å². The van der Waals surface area contributed by atoms with Crippen LogP contribution in [0.25, 0.3) is 11.1 Å². The van der Waals surface area contributed by atoms with Crippen LogP contribution in [-0.2, 0) is 14.9 Å². The molecular weight excluding hydrogens is 272 g/mol. The third-order valence-corrected chi connectivity index (χ3v) is 7.94. The molecule has 2 aromatic carbocycles. The zero-order valence-corrected chi connectivity index (χ0v) is 12.1. The molecule has 1 aliphatic carbocycles. The fraction of sp³-hybridized carbons (Fsp3) is 0.250. The van der Waals surface area contributed by atoms with Gasteiger partial charge in [-0.3, -0.25) is 4.21 Å². The van der Waals surface area contributed by atoms with Gasteiger partial charge in [0.2, 0.25) is 0 Å². The monoisotopic (exact) mass is 286 g/mol. The van der Waals surface area contributed by atoms with Crippen LogP contribution in [0.4, 0.5) is 0 Å². The van der Waals surface area contributed by atoms with E-state index in [9.17, 15) is 4.21 Å². The molecule has 1 spiro atoms. The minimum absolute atomic E-state index is 0.314. The van der Waals surface area contributed by atoms with Gasteiger partial charge in [0, 0.05) is 16.6 Å². The van der Waals surface area contributed by atoms with Gasteiger partial charge in [0.1, 0.15) is 4.08 Å². The molecular formula is C16H14OS2. The lowest BCUT2D eigenvalue weighted by Gasteiger charge is -2.34. The van der Waals surface area contributed by atoms with Crippen LogP contribution in [0.2, 0.25) is 0 Å². The van der Waals surface area contributed by atoms with Crippen LogP contribution in [0.15, 0.2) is 48.5 Å². The lowest BCUT2D eigenvalue weighted by Crippen LogP contribution is -2.32. The van der Waals surface area contributed by atoms with Crippen molar-refractivity contribution in [2.45, 2.75) is 10.5 Å². The van der Waals surface area contributed by atoms with Gasteiger partial charge in [-0.2, -0.15) is 0 Å². The molecule has 4 rings (SSSR count). The second-order valence-electron chi connectivity index (χ2n) is 4.96. The fourth-order valence-electron chi connectivity index (χ4n) is 3.17. The van der Waals surface area contributed by atoms with E-state index in [-0.39, 0.29) is 4.08 Å². The Labute approximate surface area is 119 Å². The number of fused-ring (bicyclic) bond motifs is 5. The van der Waals surface area contributed by atoms with Crippen molar-refractivity contribution >= 4 is 22.6 Å². The van der Waals surface area contributed by atoms with E-state index in [1.807, 2.05) is 11.8 Å². The molecule has 1 heterocycles.